The average Bonchev–Trinajstić information content (AvgIpc) is 2.50. The van der Waals surface area contributed by atoms with Gasteiger partial charge in [0.05, 0.1) is 11.7 Å². The second-order valence-electron chi connectivity index (χ2n) is 6.69. The van der Waals surface area contributed by atoms with Crippen LogP contribution in [0.1, 0.15) is 54.8 Å². The Morgan fingerprint density at radius 2 is 1.88 bits per heavy atom. The van der Waals surface area contributed by atoms with Crippen LogP contribution in [0.25, 0.3) is 0 Å². The molecule has 0 aliphatic rings. The highest BCUT2D eigenvalue weighted by molar-refractivity contribution is 5.78. The summed E-state index contributed by atoms with van der Waals surface area (Å²) in [5, 5.41) is 22.5. The van der Waals surface area contributed by atoms with Crippen LogP contribution in [0.2, 0.25) is 0 Å². The molecule has 0 heterocycles. The molecule has 0 aliphatic carbocycles. The third kappa shape index (κ3) is 6.64. The van der Waals surface area contributed by atoms with Gasteiger partial charge < -0.3 is 20.3 Å². The van der Waals surface area contributed by atoms with E-state index in [1.807, 2.05) is 0 Å². The summed E-state index contributed by atoms with van der Waals surface area (Å²) in [6.45, 7) is 4.99. The number of nitrogens with one attached hydrogen (secondary N) is 1. The monoisotopic (exact) mass is 377 g/mol. The summed E-state index contributed by atoms with van der Waals surface area (Å²) in [5.41, 5.74) is -2.22. The van der Waals surface area contributed by atoms with E-state index >= 15 is 0 Å². The minimum absolute atomic E-state index is 0.0375. The summed E-state index contributed by atoms with van der Waals surface area (Å²) in [6.07, 6.45) is -8.24. The van der Waals surface area contributed by atoms with E-state index in [-0.39, 0.29) is 30.4 Å². The first kappa shape index (κ1) is 21.9. The minimum Gasteiger partial charge on any atom is -0.444 e. The number of aliphatic hydroxyl groups is 2. The van der Waals surface area contributed by atoms with Crippen molar-refractivity contribution in [3.63, 3.8) is 0 Å². The normalized spacial score (nSPS) is 14.5. The van der Waals surface area contributed by atoms with Gasteiger partial charge in [-0.05, 0) is 44.9 Å². The smallest absolute Gasteiger partial charge is 0.416 e. The molecule has 0 fully saturated rings. The van der Waals surface area contributed by atoms with E-state index < -0.39 is 35.6 Å². The number of aldehydes is 1. The van der Waals surface area contributed by atoms with E-state index in [9.17, 15) is 33.0 Å². The number of benzene rings is 1. The van der Waals surface area contributed by atoms with Crippen LogP contribution in [0, 0.1) is 0 Å². The number of alkyl halides is 3. The molecule has 9 heteroatoms. The van der Waals surface area contributed by atoms with E-state index in [0.717, 1.165) is 12.1 Å². The molecular weight excluding hydrogens is 355 g/mol. The molecule has 0 aliphatic heterocycles. The summed E-state index contributed by atoms with van der Waals surface area (Å²) in [6, 6.07) is 2.27. The molecule has 26 heavy (non-hydrogen) atoms. The van der Waals surface area contributed by atoms with E-state index in [1.54, 1.807) is 20.8 Å². The lowest BCUT2D eigenvalue weighted by molar-refractivity contribution is -0.137. The van der Waals surface area contributed by atoms with Crippen molar-refractivity contribution in [3.8, 4) is 0 Å². The number of rotatable bonds is 6. The number of hydrogen-bond donors (Lipinski definition) is 3. The number of alkyl carbamates (subject to hydrolysis) is 1. The summed E-state index contributed by atoms with van der Waals surface area (Å²) in [7, 11) is 0. The zero-order valence-corrected chi connectivity index (χ0v) is 14.6. The van der Waals surface area contributed by atoms with Crippen LogP contribution in [-0.4, -0.2) is 40.8 Å². The highest BCUT2D eigenvalue weighted by Crippen LogP contribution is 2.32. The molecule has 2 unspecified atom stereocenters. The Bertz CT molecular complexity index is 640. The van der Waals surface area contributed by atoms with Crippen molar-refractivity contribution < 1.29 is 37.7 Å². The minimum atomic E-state index is -4.63. The van der Waals surface area contributed by atoms with Crippen molar-refractivity contribution in [3.05, 3.63) is 34.9 Å². The summed E-state index contributed by atoms with van der Waals surface area (Å²) in [4.78, 5) is 22.5. The first-order valence-corrected chi connectivity index (χ1v) is 7.84. The molecule has 0 aromatic heterocycles. The van der Waals surface area contributed by atoms with E-state index in [4.69, 9.17) is 4.74 Å². The van der Waals surface area contributed by atoms with E-state index in [2.05, 4.69) is 5.32 Å². The van der Waals surface area contributed by atoms with Gasteiger partial charge in [-0.2, -0.15) is 13.2 Å². The van der Waals surface area contributed by atoms with Gasteiger partial charge in [0, 0.05) is 12.1 Å². The van der Waals surface area contributed by atoms with Crippen LogP contribution in [0.3, 0.4) is 0 Å². The molecule has 1 aromatic rings. The number of ether oxygens (including phenoxy) is 1. The van der Waals surface area contributed by atoms with Crippen molar-refractivity contribution >= 4 is 12.4 Å². The molecule has 3 N–H and O–H groups in total. The summed E-state index contributed by atoms with van der Waals surface area (Å²) in [5.74, 6) is 0. The van der Waals surface area contributed by atoms with Gasteiger partial charge in [-0.25, -0.2) is 4.79 Å². The number of halogens is 3. The Balaban J connectivity index is 2.72. The molecule has 2 atom stereocenters. The van der Waals surface area contributed by atoms with Gasteiger partial charge in [0.15, 0.2) is 0 Å². The molecule has 1 aromatic carbocycles. The van der Waals surface area contributed by atoms with Gasteiger partial charge in [0.2, 0.25) is 0 Å². The van der Waals surface area contributed by atoms with Gasteiger partial charge in [-0.1, -0.05) is 6.07 Å². The van der Waals surface area contributed by atoms with Crippen LogP contribution < -0.4 is 5.32 Å². The average molecular weight is 377 g/mol. The molecule has 0 radical (unpaired) electrons. The molecular formula is C17H22F3NO5. The van der Waals surface area contributed by atoms with Crippen molar-refractivity contribution in [2.75, 3.05) is 6.54 Å². The van der Waals surface area contributed by atoms with Gasteiger partial charge in [0.25, 0.3) is 0 Å². The fraction of sp³-hybridized carbons (Fsp3) is 0.529. The molecule has 0 saturated carbocycles. The standard InChI is InChI=1S/C17H22F3NO5/c1-16(2,3)26-15(25)21-7-6-13(23)14(24)12-5-4-11(17(18,19)20)8-10(12)9-22/h4-5,8-9,13-14,23-24H,6-7H2,1-3H3,(H,21,25). The summed E-state index contributed by atoms with van der Waals surface area (Å²) >= 11 is 0. The molecule has 6 nitrogen and oxygen atoms in total. The third-order valence-electron chi connectivity index (χ3n) is 3.33. The Kier molecular flexibility index (Phi) is 7.16. The van der Waals surface area contributed by atoms with Crippen molar-refractivity contribution in [2.45, 2.75) is 51.2 Å². The largest absolute Gasteiger partial charge is 0.444 e. The maximum atomic E-state index is 12.7. The fourth-order valence-corrected chi connectivity index (χ4v) is 2.12. The second-order valence-corrected chi connectivity index (χ2v) is 6.69. The van der Waals surface area contributed by atoms with E-state index in [1.165, 1.54) is 0 Å². The highest BCUT2D eigenvalue weighted by atomic mass is 19.4. The predicted octanol–water partition coefficient (Wildman–Crippen LogP) is 2.83. The van der Waals surface area contributed by atoms with Gasteiger partial charge in [0.1, 0.15) is 18.0 Å². The summed E-state index contributed by atoms with van der Waals surface area (Å²) < 4.78 is 43.0. The van der Waals surface area contributed by atoms with Gasteiger partial charge in [-0.15, -0.1) is 0 Å². The third-order valence-corrected chi connectivity index (χ3v) is 3.33. The lowest BCUT2D eigenvalue weighted by atomic mass is 9.95. The Morgan fingerprint density at radius 3 is 2.38 bits per heavy atom. The fourth-order valence-electron chi connectivity index (χ4n) is 2.12. The van der Waals surface area contributed by atoms with Crippen LogP contribution >= 0.6 is 0 Å². The van der Waals surface area contributed by atoms with E-state index in [0.29, 0.717) is 6.07 Å². The zero-order chi connectivity index (χ0) is 20.1. The Morgan fingerprint density at radius 1 is 1.27 bits per heavy atom. The maximum Gasteiger partial charge on any atom is 0.416 e. The predicted molar refractivity (Wildman–Crippen MR) is 86.7 cm³/mol. The first-order chi connectivity index (χ1) is 11.8. The number of carbonyl (C=O) groups is 2. The Hall–Kier alpha value is -2.13. The van der Waals surface area contributed by atoms with Crippen LogP contribution in [0.4, 0.5) is 18.0 Å². The number of aliphatic hydroxyl groups excluding tert-OH is 2. The van der Waals surface area contributed by atoms with Crippen LogP contribution in [0.15, 0.2) is 18.2 Å². The lowest BCUT2D eigenvalue weighted by Gasteiger charge is -2.22. The van der Waals surface area contributed by atoms with Crippen molar-refractivity contribution in [1.82, 2.24) is 5.32 Å². The highest BCUT2D eigenvalue weighted by Gasteiger charge is 2.32. The maximum absolute atomic E-state index is 12.7. The van der Waals surface area contributed by atoms with Gasteiger partial charge in [-0.3, -0.25) is 4.79 Å². The molecule has 1 amide bonds. The van der Waals surface area contributed by atoms with Crippen LogP contribution in [0.5, 0.6) is 0 Å². The van der Waals surface area contributed by atoms with Crippen molar-refractivity contribution in [2.24, 2.45) is 0 Å². The molecule has 0 spiro atoms. The SMILES string of the molecule is CC(C)(C)OC(=O)NCCC(O)C(O)c1ccc(C(F)(F)F)cc1C=O. The first-order valence-electron chi connectivity index (χ1n) is 7.84. The Labute approximate surface area is 149 Å². The number of hydrogen-bond acceptors (Lipinski definition) is 5. The number of carbonyl (C=O) groups excluding carboxylic acids is 2. The van der Waals surface area contributed by atoms with Crippen LogP contribution in [-0.2, 0) is 10.9 Å². The van der Waals surface area contributed by atoms with Gasteiger partial charge >= 0.3 is 12.3 Å². The number of amides is 1. The lowest BCUT2D eigenvalue weighted by Crippen LogP contribution is -2.34. The molecule has 0 saturated heterocycles. The quantitative estimate of drug-likeness (QED) is 0.663. The molecule has 1 rings (SSSR count). The molecule has 0 bridgehead atoms. The topological polar surface area (TPSA) is 95.9 Å². The van der Waals surface area contributed by atoms with Crippen molar-refractivity contribution in [1.29, 1.82) is 0 Å². The zero-order valence-electron chi connectivity index (χ0n) is 14.6. The molecule has 146 valence electrons. The second kappa shape index (κ2) is 8.50.